The van der Waals surface area contributed by atoms with Gasteiger partial charge in [-0.2, -0.15) is 5.26 Å². The highest BCUT2D eigenvalue weighted by atomic mass is 16.5. The minimum atomic E-state index is -0.403. The van der Waals surface area contributed by atoms with Gasteiger partial charge in [0.2, 0.25) is 0 Å². The molecule has 0 saturated carbocycles. The molecule has 1 heterocycles. The predicted octanol–water partition coefficient (Wildman–Crippen LogP) is 4.34. The molecule has 0 aliphatic heterocycles. The van der Waals surface area contributed by atoms with Gasteiger partial charge in [0, 0.05) is 17.9 Å². The van der Waals surface area contributed by atoms with Crippen molar-refractivity contribution in [2.24, 2.45) is 0 Å². The molecule has 148 valence electrons. The number of para-hydroxylation sites is 1. The molecule has 0 fully saturated rings. The number of carbonyl (C=O) groups excluding carboxylic acids is 1. The van der Waals surface area contributed by atoms with Gasteiger partial charge in [-0.15, -0.1) is 0 Å². The molecule has 0 atom stereocenters. The molecule has 0 radical (unpaired) electrons. The third-order valence-electron chi connectivity index (χ3n) is 4.87. The molecule has 3 rings (SSSR count). The largest absolute Gasteiger partial charge is 0.462 e. The zero-order valence-corrected chi connectivity index (χ0v) is 16.8. The fourth-order valence-corrected chi connectivity index (χ4v) is 3.25. The maximum atomic E-state index is 12.2. The monoisotopic (exact) mass is 388 g/mol. The first-order valence-corrected chi connectivity index (χ1v) is 9.44. The highest BCUT2D eigenvalue weighted by Gasteiger charge is 2.15. The Morgan fingerprint density at radius 2 is 1.93 bits per heavy atom. The molecule has 0 spiro atoms. The Morgan fingerprint density at radius 3 is 2.59 bits per heavy atom. The third-order valence-corrected chi connectivity index (χ3v) is 4.87. The van der Waals surface area contributed by atoms with Crippen LogP contribution in [0.5, 0.6) is 0 Å². The molecule has 1 aromatic heterocycles. The Hall–Kier alpha value is -3.72. The summed E-state index contributed by atoms with van der Waals surface area (Å²) in [7, 11) is 0. The van der Waals surface area contributed by atoms with Gasteiger partial charge in [0.05, 0.1) is 23.5 Å². The van der Waals surface area contributed by atoms with Crippen molar-refractivity contribution in [3.8, 4) is 11.8 Å². The summed E-state index contributed by atoms with van der Waals surface area (Å²) in [5, 5.41) is 12.6. The van der Waals surface area contributed by atoms with Crippen molar-refractivity contribution in [1.82, 2.24) is 4.57 Å². The first kappa shape index (κ1) is 20.0. The number of aryl methyl sites for hydroxylation is 1. The second-order valence-electron chi connectivity index (χ2n) is 6.76. The standard InChI is InChI=1S/C23H24N4O2/c1-4-29-23(28)20-6-5-7-21(25)22(20)26-14-17-8-10-18(11-9-17)27-16(3)15(2)12-19(27)13-24/h5-12,26H,4,14,25H2,1-3H3. The number of nitrogens with zero attached hydrogens (tertiary/aromatic N) is 2. The van der Waals surface area contributed by atoms with Crippen molar-refractivity contribution in [3.05, 3.63) is 76.6 Å². The normalized spacial score (nSPS) is 10.4. The Bertz CT molecular complexity index is 1080. The van der Waals surface area contributed by atoms with Crippen molar-refractivity contribution < 1.29 is 9.53 Å². The zero-order valence-electron chi connectivity index (χ0n) is 16.8. The van der Waals surface area contributed by atoms with Crippen molar-refractivity contribution in [2.75, 3.05) is 17.7 Å². The fourth-order valence-electron chi connectivity index (χ4n) is 3.25. The summed E-state index contributed by atoms with van der Waals surface area (Å²) >= 11 is 0. The molecule has 0 saturated heterocycles. The lowest BCUT2D eigenvalue weighted by Gasteiger charge is -2.14. The number of nitrogens with two attached hydrogens (primary N) is 1. The van der Waals surface area contributed by atoms with Gasteiger partial charge in [-0.25, -0.2) is 4.79 Å². The smallest absolute Gasteiger partial charge is 0.340 e. The molecule has 2 aromatic carbocycles. The van der Waals surface area contributed by atoms with E-state index in [-0.39, 0.29) is 0 Å². The third kappa shape index (κ3) is 4.09. The fraction of sp³-hybridized carbons (Fsp3) is 0.217. The van der Waals surface area contributed by atoms with Crippen LogP contribution < -0.4 is 11.1 Å². The van der Waals surface area contributed by atoms with Gasteiger partial charge in [0.25, 0.3) is 0 Å². The van der Waals surface area contributed by atoms with Crippen LogP contribution in [0.15, 0.2) is 48.5 Å². The molecule has 6 heteroatoms. The van der Waals surface area contributed by atoms with Crippen LogP contribution in [0.3, 0.4) is 0 Å². The van der Waals surface area contributed by atoms with Crippen molar-refractivity contribution in [1.29, 1.82) is 5.26 Å². The topological polar surface area (TPSA) is 93.1 Å². The summed E-state index contributed by atoms with van der Waals surface area (Å²) in [5.74, 6) is -0.403. The van der Waals surface area contributed by atoms with E-state index >= 15 is 0 Å². The number of rotatable bonds is 6. The van der Waals surface area contributed by atoms with Crippen molar-refractivity contribution in [3.63, 3.8) is 0 Å². The Morgan fingerprint density at radius 1 is 1.21 bits per heavy atom. The van der Waals surface area contributed by atoms with Crippen LogP contribution in [0.1, 0.15) is 39.8 Å². The number of benzene rings is 2. The summed E-state index contributed by atoms with van der Waals surface area (Å²) in [6, 6.07) is 17.2. The maximum absolute atomic E-state index is 12.2. The number of nitriles is 1. The van der Waals surface area contributed by atoms with Crippen molar-refractivity contribution >= 4 is 17.3 Å². The van der Waals surface area contributed by atoms with Crippen LogP contribution in [0.25, 0.3) is 5.69 Å². The zero-order chi connectivity index (χ0) is 21.0. The van der Waals surface area contributed by atoms with Gasteiger partial charge < -0.3 is 20.4 Å². The molecule has 6 nitrogen and oxygen atoms in total. The maximum Gasteiger partial charge on any atom is 0.340 e. The highest BCUT2D eigenvalue weighted by molar-refractivity contribution is 5.98. The first-order chi connectivity index (χ1) is 14.0. The van der Waals surface area contributed by atoms with E-state index in [1.165, 1.54) is 0 Å². The van der Waals surface area contributed by atoms with E-state index in [0.717, 1.165) is 22.5 Å². The van der Waals surface area contributed by atoms with E-state index in [9.17, 15) is 10.1 Å². The highest BCUT2D eigenvalue weighted by Crippen LogP contribution is 2.26. The predicted molar refractivity (Wildman–Crippen MR) is 114 cm³/mol. The second-order valence-corrected chi connectivity index (χ2v) is 6.76. The van der Waals surface area contributed by atoms with Gasteiger partial charge in [-0.05, 0) is 62.2 Å². The lowest BCUT2D eigenvalue weighted by molar-refractivity contribution is 0.0527. The van der Waals surface area contributed by atoms with E-state index < -0.39 is 5.97 Å². The van der Waals surface area contributed by atoms with E-state index in [0.29, 0.717) is 35.8 Å². The van der Waals surface area contributed by atoms with E-state index in [1.807, 2.05) is 48.7 Å². The number of hydrogen-bond acceptors (Lipinski definition) is 5. The van der Waals surface area contributed by atoms with Crippen molar-refractivity contribution in [2.45, 2.75) is 27.3 Å². The minimum Gasteiger partial charge on any atom is -0.462 e. The molecule has 0 aliphatic carbocycles. The van der Waals surface area contributed by atoms with Gasteiger partial charge in [-0.3, -0.25) is 0 Å². The molecule has 3 N–H and O–H groups in total. The van der Waals surface area contributed by atoms with Gasteiger partial charge in [0.1, 0.15) is 11.8 Å². The molecular weight excluding hydrogens is 364 g/mol. The number of hydrogen-bond donors (Lipinski definition) is 2. The lowest BCUT2D eigenvalue weighted by Crippen LogP contribution is -2.11. The van der Waals surface area contributed by atoms with E-state index in [1.54, 1.807) is 25.1 Å². The molecule has 0 aliphatic rings. The van der Waals surface area contributed by atoms with E-state index in [4.69, 9.17) is 10.5 Å². The molecule has 3 aromatic rings. The number of aromatic nitrogens is 1. The quantitative estimate of drug-likeness (QED) is 0.484. The molecule has 0 unspecified atom stereocenters. The molecule has 29 heavy (non-hydrogen) atoms. The molecule has 0 bridgehead atoms. The summed E-state index contributed by atoms with van der Waals surface area (Å²) in [5.41, 5.74) is 12.2. The van der Waals surface area contributed by atoms with Crippen LogP contribution in [0.2, 0.25) is 0 Å². The Labute approximate surface area is 170 Å². The number of anilines is 2. The number of ether oxygens (including phenoxy) is 1. The number of esters is 1. The summed E-state index contributed by atoms with van der Waals surface area (Å²) in [6.07, 6.45) is 0. The molecular formula is C23H24N4O2. The number of nitrogen functional groups attached to an aromatic ring is 1. The Balaban J connectivity index is 1.81. The average Bonchev–Trinajstić information content (AvgIpc) is 3.01. The summed E-state index contributed by atoms with van der Waals surface area (Å²) in [6.45, 7) is 6.56. The lowest BCUT2D eigenvalue weighted by atomic mass is 10.1. The van der Waals surface area contributed by atoms with Crippen LogP contribution in [0, 0.1) is 25.2 Å². The second kappa shape index (κ2) is 8.53. The Kier molecular flexibility index (Phi) is 5.89. The van der Waals surface area contributed by atoms with Gasteiger partial charge in [0.15, 0.2) is 0 Å². The minimum absolute atomic E-state index is 0.303. The van der Waals surface area contributed by atoms with Gasteiger partial charge in [-0.1, -0.05) is 18.2 Å². The van der Waals surface area contributed by atoms with Crippen LogP contribution >= 0.6 is 0 Å². The molecule has 0 amide bonds. The first-order valence-electron chi connectivity index (χ1n) is 9.44. The number of carbonyl (C=O) groups is 1. The van der Waals surface area contributed by atoms with Crippen LogP contribution in [0.4, 0.5) is 11.4 Å². The summed E-state index contributed by atoms with van der Waals surface area (Å²) in [4.78, 5) is 12.2. The summed E-state index contributed by atoms with van der Waals surface area (Å²) < 4.78 is 7.06. The van der Waals surface area contributed by atoms with Crippen LogP contribution in [-0.4, -0.2) is 17.1 Å². The van der Waals surface area contributed by atoms with Crippen LogP contribution in [-0.2, 0) is 11.3 Å². The number of nitrogens with one attached hydrogen (secondary N) is 1. The average molecular weight is 388 g/mol. The van der Waals surface area contributed by atoms with Gasteiger partial charge >= 0.3 is 5.97 Å². The van der Waals surface area contributed by atoms with E-state index in [2.05, 4.69) is 11.4 Å². The SMILES string of the molecule is CCOC(=O)c1cccc(N)c1NCc1ccc(-n2c(C#N)cc(C)c2C)cc1.